The van der Waals surface area contributed by atoms with Crippen molar-refractivity contribution in [2.24, 2.45) is 5.92 Å². The summed E-state index contributed by atoms with van der Waals surface area (Å²) in [6.45, 7) is 3.41. The van der Waals surface area contributed by atoms with Crippen LogP contribution in [0.3, 0.4) is 0 Å². The van der Waals surface area contributed by atoms with Crippen molar-refractivity contribution in [3.63, 3.8) is 0 Å². The highest BCUT2D eigenvalue weighted by atomic mass is 35.5. The van der Waals surface area contributed by atoms with Crippen LogP contribution >= 0.6 is 11.6 Å². The number of rotatable bonds is 7. The van der Waals surface area contributed by atoms with Crippen molar-refractivity contribution in [3.05, 3.63) is 41.3 Å². The molecule has 3 heterocycles. The number of carbonyl (C=O) groups is 1. The summed E-state index contributed by atoms with van der Waals surface area (Å²) in [5, 5.41) is 10.6. The van der Waals surface area contributed by atoms with E-state index in [-0.39, 0.29) is 24.1 Å². The quantitative estimate of drug-likeness (QED) is 0.569. The minimum Gasteiger partial charge on any atom is -0.381 e. The predicted molar refractivity (Wildman–Crippen MR) is 115 cm³/mol. The Kier molecular flexibility index (Phi) is 6.04. The van der Waals surface area contributed by atoms with E-state index in [0.29, 0.717) is 40.6 Å². The summed E-state index contributed by atoms with van der Waals surface area (Å²) in [4.78, 5) is 21.4. The Hall–Kier alpha value is -2.81. The first-order valence-electron chi connectivity index (χ1n) is 10.1. The Morgan fingerprint density at radius 3 is 2.74 bits per heavy atom. The average molecular weight is 449 g/mol. The summed E-state index contributed by atoms with van der Waals surface area (Å²) < 4.78 is 28.8. The number of pyridine rings is 1. The largest absolute Gasteiger partial charge is 0.381 e. The number of nitrogens with one attached hydrogen (secondary N) is 2. The number of halogens is 3. The Balaban J connectivity index is 1.64. The molecule has 0 bridgehead atoms. The molecule has 1 fully saturated rings. The minimum absolute atomic E-state index is 0.0829. The van der Waals surface area contributed by atoms with Gasteiger partial charge in [-0.05, 0) is 24.8 Å². The van der Waals surface area contributed by atoms with Crippen molar-refractivity contribution in [1.29, 1.82) is 0 Å². The molecule has 0 spiro atoms. The molecule has 0 aromatic carbocycles. The van der Waals surface area contributed by atoms with Crippen LogP contribution in [0, 0.1) is 5.92 Å². The molecular weight excluding hydrogens is 426 g/mol. The Morgan fingerprint density at radius 2 is 2.03 bits per heavy atom. The monoisotopic (exact) mass is 448 g/mol. The van der Waals surface area contributed by atoms with Gasteiger partial charge in [0.1, 0.15) is 18.0 Å². The minimum atomic E-state index is -1.15. The summed E-state index contributed by atoms with van der Waals surface area (Å²) >= 11 is 5.97. The molecule has 10 heteroatoms. The Bertz CT molecular complexity index is 1100. The van der Waals surface area contributed by atoms with Gasteiger partial charge in [-0.25, -0.2) is 18.3 Å². The molecular formula is C21H23ClF2N6O. The molecule has 0 radical (unpaired) electrons. The standard InChI is InChI=1S/C21H23ClF2N6O/c1-11(2)16(24)9-27-21(31)15-8-25-18(6-17(15)29-14-4-13(23)5-14)19-10-26-20-3-12(22)7-28-30(19)20/h3,6-8,10-11,13-14,16H,4-5,9H2,1-2H3,(H,25,29)(H,27,31). The number of fused-ring (bicyclic) bond motifs is 1. The van der Waals surface area contributed by atoms with E-state index in [1.54, 1.807) is 36.7 Å². The third kappa shape index (κ3) is 4.61. The van der Waals surface area contributed by atoms with E-state index in [9.17, 15) is 13.6 Å². The lowest BCUT2D eigenvalue weighted by molar-refractivity contribution is 0.0935. The van der Waals surface area contributed by atoms with Crippen LogP contribution in [-0.2, 0) is 0 Å². The average Bonchev–Trinajstić information content (AvgIpc) is 3.13. The number of hydrogen-bond donors (Lipinski definition) is 2. The molecule has 1 unspecified atom stereocenters. The number of hydrogen-bond acceptors (Lipinski definition) is 5. The second-order valence-corrected chi connectivity index (χ2v) is 8.52. The van der Waals surface area contributed by atoms with Gasteiger partial charge in [0, 0.05) is 24.8 Å². The first-order valence-corrected chi connectivity index (χ1v) is 10.5. The van der Waals surface area contributed by atoms with E-state index in [1.807, 2.05) is 0 Å². The van der Waals surface area contributed by atoms with E-state index in [4.69, 9.17) is 11.6 Å². The van der Waals surface area contributed by atoms with E-state index in [2.05, 4.69) is 25.7 Å². The first kappa shape index (κ1) is 21.4. The molecule has 0 aliphatic heterocycles. The van der Waals surface area contributed by atoms with Crippen LogP contribution in [0.1, 0.15) is 37.0 Å². The van der Waals surface area contributed by atoms with Gasteiger partial charge in [-0.1, -0.05) is 25.4 Å². The van der Waals surface area contributed by atoms with Crippen LogP contribution in [0.2, 0.25) is 5.02 Å². The van der Waals surface area contributed by atoms with Gasteiger partial charge in [0.15, 0.2) is 5.65 Å². The summed E-state index contributed by atoms with van der Waals surface area (Å²) in [5.74, 6) is -0.643. The molecule has 31 heavy (non-hydrogen) atoms. The molecule has 1 aliphatic carbocycles. The third-order valence-electron chi connectivity index (χ3n) is 5.36. The number of anilines is 1. The molecule has 164 valence electrons. The molecule has 0 saturated heterocycles. The van der Waals surface area contributed by atoms with Crippen molar-refractivity contribution < 1.29 is 13.6 Å². The highest BCUT2D eigenvalue weighted by Crippen LogP contribution is 2.30. The van der Waals surface area contributed by atoms with Gasteiger partial charge in [0.2, 0.25) is 0 Å². The molecule has 1 saturated carbocycles. The van der Waals surface area contributed by atoms with Crippen LogP contribution in [0.25, 0.3) is 17.0 Å². The van der Waals surface area contributed by atoms with Crippen LogP contribution < -0.4 is 10.6 Å². The fraction of sp³-hybridized carbons (Fsp3) is 0.429. The van der Waals surface area contributed by atoms with Gasteiger partial charge in [-0.3, -0.25) is 9.78 Å². The highest BCUT2D eigenvalue weighted by molar-refractivity contribution is 6.30. The number of carbonyl (C=O) groups excluding carboxylic acids is 1. The van der Waals surface area contributed by atoms with E-state index in [1.165, 1.54) is 12.4 Å². The zero-order chi connectivity index (χ0) is 22.1. The molecule has 2 N–H and O–H groups in total. The van der Waals surface area contributed by atoms with Gasteiger partial charge in [-0.2, -0.15) is 5.10 Å². The van der Waals surface area contributed by atoms with Gasteiger partial charge in [0.05, 0.1) is 34.4 Å². The number of aromatic nitrogens is 4. The van der Waals surface area contributed by atoms with Crippen LogP contribution in [0.5, 0.6) is 0 Å². The van der Waals surface area contributed by atoms with Gasteiger partial charge in [0.25, 0.3) is 5.91 Å². The SMILES string of the molecule is CC(C)C(F)CNC(=O)c1cnc(-c2cnc3cc(Cl)cnn23)cc1NC1CC(F)C1. The molecule has 7 nitrogen and oxygen atoms in total. The number of amides is 1. The van der Waals surface area contributed by atoms with E-state index in [0.717, 1.165) is 0 Å². The maximum absolute atomic E-state index is 13.9. The van der Waals surface area contributed by atoms with Crippen LogP contribution in [0.15, 0.2) is 30.7 Å². The van der Waals surface area contributed by atoms with Gasteiger partial charge < -0.3 is 10.6 Å². The zero-order valence-corrected chi connectivity index (χ0v) is 17.9. The molecule has 1 aliphatic rings. The van der Waals surface area contributed by atoms with Crippen molar-refractivity contribution in [1.82, 2.24) is 24.9 Å². The Morgan fingerprint density at radius 1 is 1.26 bits per heavy atom. The lowest BCUT2D eigenvalue weighted by atomic mass is 9.90. The molecule has 4 rings (SSSR count). The van der Waals surface area contributed by atoms with E-state index >= 15 is 0 Å². The van der Waals surface area contributed by atoms with Crippen LogP contribution in [-0.4, -0.2) is 50.4 Å². The first-order chi connectivity index (χ1) is 14.8. The number of alkyl halides is 2. The number of imidazole rings is 1. The van der Waals surface area contributed by atoms with Gasteiger partial charge in [-0.15, -0.1) is 0 Å². The highest BCUT2D eigenvalue weighted by Gasteiger charge is 2.30. The molecule has 3 aromatic rings. The topological polar surface area (TPSA) is 84.2 Å². The maximum atomic E-state index is 13.9. The van der Waals surface area contributed by atoms with Crippen molar-refractivity contribution in [2.75, 3.05) is 11.9 Å². The molecule has 1 amide bonds. The summed E-state index contributed by atoms with van der Waals surface area (Å²) in [5.41, 5.74) is 2.47. The summed E-state index contributed by atoms with van der Waals surface area (Å²) in [7, 11) is 0. The molecule has 1 atom stereocenters. The Labute approximate surface area is 183 Å². The van der Waals surface area contributed by atoms with Crippen molar-refractivity contribution >= 4 is 28.8 Å². The second kappa shape index (κ2) is 8.74. The van der Waals surface area contributed by atoms with Crippen LogP contribution in [0.4, 0.5) is 14.5 Å². The predicted octanol–water partition coefficient (Wildman–Crippen LogP) is 4.08. The molecule has 3 aromatic heterocycles. The maximum Gasteiger partial charge on any atom is 0.255 e. The van der Waals surface area contributed by atoms with Crippen molar-refractivity contribution in [2.45, 2.75) is 45.1 Å². The fourth-order valence-electron chi connectivity index (χ4n) is 3.33. The smallest absolute Gasteiger partial charge is 0.255 e. The lowest BCUT2D eigenvalue weighted by Crippen LogP contribution is -2.38. The normalized spacial score (nSPS) is 19.3. The van der Waals surface area contributed by atoms with E-state index < -0.39 is 18.3 Å². The summed E-state index contributed by atoms with van der Waals surface area (Å²) in [6.07, 6.45) is 3.28. The van der Waals surface area contributed by atoms with Gasteiger partial charge >= 0.3 is 0 Å². The number of nitrogens with zero attached hydrogens (tertiary/aromatic N) is 4. The fourth-order valence-corrected chi connectivity index (χ4v) is 3.47. The lowest BCUT2D eigenvalue weighted by Gasteiger charge is -2.31. The summed E-state index contributed by atoms with van der Waals surface area (Å²) in [6, 6.07) is 3.30. The third-order valence-corrected chi connectivity index (χ3v) is 5.57. The second-order valence-electron chi connectivity index (χ2n) is 8.08. The van der Waals surface area contributed by atoms with Crippen molar-refractivity contribution in [3.8, 4) is 11.4 Å². The zero-order valence-electron chi connectivity index (χ0n) is 17.1.